The van der Waals surface area contributed by atoms with E-state index in [-0.39, 0.29) is 18.7 Å². The number of nitrogens with one attached hydrogen (secondary N) is 3. The molecule has 228 valence electrons. The molecule has 1 amide bonds. The first-order valence-corrected chi connectivity index (χ1v) is 15.0. The molecule has 0 bridgehead atoms. The molecule has 2 aromatic carbocycles. The van der Waals surface area contributed by atoms with Gasteiger partial charge in [-0.25, -0.2) is 23.3 Å². The number of aromatic nitrogens is 4. The molecule has 4 aromatic rings. The number of anilines is 3. The van der Waals surface area contributed by atoms with E-state index < -0.39 is 25.4 Å². The fraction of sp³-hybridized carbons (Fsp3) is 0.333. The number of carbonyl (C=O) groups excluding carboxylic acids is 1. The van der Waals surface area contributed by atoms with Gasteiger partial charge in [-0.3, -0.25) is 14.4 Å². The molecule has 0 radical (unpaired) electrons. The summed E-state index contributed by atoms with van der Waals surface area (Å²) in [5.74, 6) is -0.808. The molecule has 0 atom stereocenters. The van der Waals surface area contributed by atoms with Crippen molar-refractivity contribution >= 4 is 42.0 Å². The Morgan fingerprint density at radius 1 is 1.14 bits per heavy atom. The van der Waals surface area contributed by atoms with Gasteiger partial charge in [-0.15, -0.1) is 0 Å². The highest BCUT2D eigenvalue weighted by Crippen LogP contribution is 2.35. The van der Waals surface area contributed by atoms with E-state index in [1.165, 1.54) is 18.5 Å². The maximum atomic E-state index is 13.8. The second-order valence-corrected chi connectivity index (χ2v) is 11.3. The number of fused-ring (bicyclic) bond motifs is 1. The zero-order chi connectivity index (χ0) is 30.4. The van der Waals surface area contributed by atoms with Gasteiger partial charge in [-0.1, -0.05) is 6.07 Å². The van der Waals surface area contributed by atoms with Gasteiger partial charge in [0.05, 0.1) is 30.8 Å². The molecule has 1 saturated heterocycles. The van der Waals surface area contributed by atoms with Gasteiger partial charge in [0.2, 0.25) is 5.91 Å². The summed E-state index contributed by atoms with van der Waals surface area (Å²) >= 11 is 0. The highest BCUT2D eigenvalue weighted by Gasteiger charge is 2.21. The lowest BCUT2D eigenvalue weighted by Gasteiger charge is -2.31. The van der Waals surface area contributed by atoms with Crippen molar-refractivity contribution in [1.29, 1.82) is 0 Å². The third kappa shape index (κ3) is 8.52. The fourth-order valence-corrected chi connectivity index (χ4v) is 5.03. The normalized spacial score (nSPS) is 14.6. The summed E-state index contributed by atoms with van der Waals surface area (Å²) in [4.78, 5) is 40.7. The minimum atomic E-state index is -4.44. The molecule has 16 heteroatoms. The molecule has 0 spiro atoms. The maximum absolute atomic E-state index is 13.8. The minimum Gasteiger partial charge on any atom is -0.493 e. The summed E-state index contributed by atoms with van der Waals surface area (Å²) in [7, 11) is -4.44. The highest BCUT2D eigenvalue weighted by molar-refractivity contribution is 7.46. The Morgan fingerprint density at radius 3 is 2.74 bits per heavy atom. The van der Waals surface area contributed by atoms with Gasteiger partial charge in [-0.05, 0) is 56.1 Å². The number of aromatic amines is 1. The number of hydrogen-bond acceptors (Lipinski definition) is 9. The number of amides is 1. The lowest BCUT2D eigenvalue weighted by Crippen LogP contribution is -2.37. The Labute approximate surface area is 244 Å². The fourth-order valence-electron chi connectivity index (χ4n) is 4.71. The first-order chi connectivity index (χ1) is 20.6. The first kappa shape index (κ1) is 30.4. The third-order valence-electron chi connectivity index (χ3n) is 6.92. The summed E-state index contributed by atoms with van der Waals surface area (Å²) in [5.41, 5.74) is 0.862. The first-order valence-electron chi connectivity index (χ1n) is 13.5. The number of likely N-dealkylation sites (tertiary alicyclic amines) is 1. The van der Waals surface area contributed by atoms with E-state index >= 15 is 0 Å². The van der Waals surface area contributed by atoms with Crippen LogP contribution in [0.2, 0.25) is 0 Å². The number of rotatable bonds is 12. The number of carbonyl (C=O) groups is 1. The predicted molar refractivity (Wildman–Crippen MR) is 153 cm³/mol. The Hall–Kier alpha value is -4.01. The van der Waals surface area contributed by atoms with E-state index in [2.05, 4.69) is 40.2 Å². The number of piperidine rings is 1. The molecule has 0 aliphatic carbocycles. The minimum absolute atomic E-state index is 0.0139. The average Bonchev–Trinajstić information content (AvgIpc) is 3.40. The van der Waals surface area contributed by atoms with Crippen molar-refractivity contribution in [1.82, 2.24) is 25.1 Å². The molecular weight excluding hydrogens is 587 g/mol. The summed E-state index contributed by atoms with van der Waals surface area (Å²) in [5, 5.41) is 13.1. The monoisotopic (exact) mass is 617 g/mol. The van der Waals surface area contributed by atoms with E-state index in [4.69, 9.17) is 14.5 Å². The molecule has 43 heavy (non-hydrogen) atoms. The molecule has 0 saturated carbocycles. The lowest BCUT2D eigenvalue weighted by molar-refractivity contribution is -0.115. The van der Waals surface area contributed by atoms with E-state index in [0.717, 1.165) is 37.4 Å². The lowest BCUT2D eigenvalue weighted by atomic mass is 9.98. The summed E-state index contributed by atoms with van der Waals surface area (Å²) in [6.07, 6.45) is 3.07. The zero-order valence-corrected chi connectivity index (χ0v) is 23.8. The number of benzene rings is 2. The van der Waals surface area contributed by atoms with Crippen molar-refractivity contribution in [3.05, 3.63) is 66.1 Å². The van der Waals surface area contributed by atoms with Crippen molar-refractivity contribution in [2.75, 3.05) is 43.5 Å². The van der Waals surface area contributed by atoms with Crippen LogP contribution in [-0.2, 0) is 20.3 Å². The van der Waals surface area contributed by atoms with Gasteiger partial charge in [0.15, 0.2) is 17.5 Å². The zero-order valence-electron chi connectivity index (χ0n) is 22.9. The Kier molecular flexibility index (Phi) is 9.58. The molecule has 2 aromatic heterocycles. The van der Waals surface area contributed by atoms with E-state index in [1.54, 1.807) is 6.07 Å². The Bertz CT molecular complexity index is 1630. The van der Waals surface area contributed by atoms with E-state index in [9.17, 15) is 18.1 Å². The van der Waals surface area contributed by atoms with E-state index in [1.807, 2.05) is 18.2 Å². The van der Waals surface area contributed by atoms with Crippen molar-refractivity contribution in [3.63, 3.8) is 0 Å². The van der Waals surface area contributed by atoms with Crippen LogP contribution < -0.4 is 15.4 Å². The molecule has 1 aliphatic rings. The van der Waals surface area contributed by atoms with Crippen LogP contribution in [-0.4, -0.2) is 73.6 Å². The molecule has 13 nitrogen and oxygen atoms in total. The van der Waals surface area contributed by atoms with Gasteiger partial charge in [0, 0.05) is 29.8 Å². The summed E-state index contributed by atoms with van der Waals surface area (Å²) in [6.45, 7) is 2.57. The Morgan fingerprint density at radius 2 is 1.95 bits per heavy atom. The second-order valence-electron chi connectivity index (χ2n) is 10.1. The molecule has 5 rings (SSSR count). The summed E-state index contributed by atoms with van der Waals surface area (Å²) < 4.78 is 48.6. The van der Waals surface area contributed by atoms with Gasteiger partial charge in [0.25, 0.3) is 0 Å². The molecule has 1 fully saturated rings. The van der Waals surface area contributed by atoms with Crippen LogP contribution in [0, 0.1) is 17.6 Å². The topological polar surface area (TPSA) is 175 Å². The van der Waals surface area contributed by atoms with Crippen molar-refractivity contribution in [2.24, 2.45) is 5.92 Å². The van der Waals surface area contributed by atoms with Crippen LogP contribution in [0.5, 0.6) is 5.75 Å². The largest absolute Gasteiger partial charge is 0.493 e. The van der Waals surface area contributed by atoms with Crippen molar-refractivity contribution in [3.8, 4) is 5.75 Å². The van der Waals surface area contributed by atoms with E-state index in [0.29, 0.717) is 47.7 Å². The Balaban J connectivity index is 1.12. The molecular formula is C27H30F2N7O6P. The quantitative estimate of drug-likeness (QED) is 0.146. The number of phosphoric ester groups is 1. The smallest absolute Gasteiger partial charge is 0.469 e. The predicted octanol–water partition coefficient (Wildman–Crippen LogP) is 3.76. The molecule has 1 aliphatic heterocycles. The summed E-state index contributed by atoms with van der Waals surface area (Å²) in [6, 6.07) is 10.7. The molecule has 5 N–H and O–H groups in total. The van der Waals surface area contributed by atoms with Crippen LogP contribution in [0.3, 0.4) is 0 Å². The number of hydrogen-bond donors (Lipinski definition) is 5. The number of phosphoric acid groups is 1. The second kappa shape index (κ2) is 13.5. The van der Waals surface area contributed by atoms with Gasteiger partial charge in [0.1, 0.15) is 17.9 Å². The highest BCUT2D eigenvalue weighted by atomic mass is 31.2. The maximum Gasteiger partial charge on any atom is 0.469 e. The molecule has 0 unspecified atom stereocenters. The van der Waals surface area contributed by atoms with Crippen LogP contribution in [0.25, 0.3) is 10.9 Å². The standard InChI is InChI=1S/C27H30F2N7O6P/c28-21-2-1-3-22(26(21)29)32-25(37)13-18-12-24(35-34-18)33-27-20-5-4-19(14-23(20)30-16-31-27)41-15-17-6-8-36(9-7-17)10-11-42-43(38,39)40/h1-5,12,14,16-17H,6-11,13,15H2,(H,32,37)(H2,38,39,40)(H2,30,31,33,34,35). The number of H-pyrrole nitrogens is 1. The van der Waals surface area contributed by atoms with Crippen LogP contribution in [0.4, 0.5) is 26.1 Å². The van der Waals surface area contributed by atoms with Gasteiger partial charge >= 0.3 is 7.82 Å². The van der Waals surface area contributed by atoms with Crippen LogP contribution in [0.1, 0.15) is 18.5 Å². The number of nitrogens with zero attached hydrogens (tertiary/aromatic N) is 4. The van der Waals surface area contributed by atoms with Crippen LogP contribution >= 0.6 is 7.82 Å². The molecule has 3 heterocycles. The SMILES string of the molecule is O=C(Cc1cc(Nc2ncnc3cc(OCC4CCN(CCOP(=O)(O)O)CC4)ccc23)n[nH]1)Nc1cccc(F)c1F. The number of halogens is 2. The average molecular weight is 618 g/mol. The number of ether oxygens (including phenoxy) is 1. The van der Waals surface area contributed by atoms with Crippen molar-refractivity contribution < 1.29 is 37.2 Å². The third-order valence-corrected chi connectivity index (χ3v) is 7.44. The van der Waals surface area contributed by atoms with Gasteiger partial charge in [-0.2, -0.15) is 5.10 Å². The van der Waals surface area contributed by atoms with Crippen LogP contribution in [0.15, 0.2) is 48.8 Å². The van der Waals surface area contributed by atoms with Gasteiger partial charge < -0.3 is 30.1 Å². The van der Waals surface area contributed by atoms with Crippen molar-refractivity contribution in [2.45, 2.75) is 19.3 Å².